The molecule has 1 aromatic rings. The van der Waals surface area contributed by atoms with Gasteiger partial charge in [0.15, 0.2) is 0 Å². The van der Waals surface area contributed by atoms with Crippen LogP contribution in [0.15, 0.2) is 24.3 Å². The molecule has 5 heteroatoms. The van der Waals surface area contributed by atoms with Gasteiger partial charge in [-0.15, -0.1) is 12.4 Å². The smallest absolute Gasteiger partial charge is 0.233 e. The summed E-state index contributed by atoms with van der Waals surface area (Å²) >= 11 is 0. The molecule has 2 aliphatic rings. The van der Waals surface area contributed by atoms with Crippen molar-refractivity contribution in [3.8, 4) is 0 Å². The van der Waals surface area contributed by atoms with Gasteiger partial charge < -0.3 is 10.2 Å². The summed E-state index contributed by atoms with van der Waals surface area (Å²) < 4.78 is 13.3. The van der Waals surface area contributed by atoms with Crippen LogP contribution in [0.1, 0.15) is 51.0 Å². The highest BCUT2D eigenvalue weighted by molar-refractivity contribution is 5.88. The molecule has 1 aromatic carbocycles. The van der Waals surface area contributed by atoms with E-state index >= 15 is 0 Å². The Kier molecular flexibility index (Phi) is 7.26. The Bertz CT molecular complexity index is 549. The van der Waals surface area contributed by atoms with Crippen molar-refractivity contribution in [2.75, 3.05) is 26.2 Å². The molecule has 140 valence electrons. The van der Waals surface area contributed by atoms with Gasteiger partial charge in [-0.1, -0.05) is 31.9 Å². The lowest BCUT2D eigenvalue weighted by Crippen LogP contribution is -2.49. The summed E-state index contributed by atoms with van der Waals surface area (Å²) in [6.45, 7) is 5.91. The third kappa shape index (κ3) is 4.35. The number of hydrogen-bond donors (Lipinski definition) is 1. The number of benzene rings is 1. The summed E-state index contributed by atoms with van der Waals surface area (Å²) in [6, 6.07) is 6.61. The Labute approximate surface area is 156 Å². The third-order valence-corrected chi connectivity index (χ3v) is 5.85. The zero-order valence-corrected chi connectivity index (χ0v) is 15.9. The van der Waals surface area contributed by atoms with Crippen molar-refractivity contribution in [3.05, 3.63) is 35.6 Å². The molecular weight excluding hydrogens is 339 g/mol. The minimum absolute atomic E-state index is 0. The van der Waals surface area contributed by atoms with Gasteiger partial charge >= 0.3 is 0 Å². The monoisotopic (exact) mass is 368 g/mol. The number of likely N-dealkylation sites (tertiary alicyclic amines) is 1. The SMILES string of the molecule is CCNCC1CCN(C(=O)C2(c3ccc(F)cc3)CCCC2)CC1.Cl. The fourth-order valence-electron chi connectivity index (χ4n) is 4.36. The van der Waals surface area contributed by atoms with Crippen LogP contribution >= 0.6 is 12.4 Å². The fourth-order valence-corrected chi connectivity index (χ4v) is 4.36. The highest BCUT2D eigenvalue weighted by atomic mass is 35.5. The summed E-state index contributed by atoms with van der Waals surface area (Å²) in [4.78, 5) is 15.4. The van der Waals surface area contributed by atoms with E-state index in [9.17, 15) is 9.18 Å². The molecule has 1 aliphatic heterocycles. The zero-order valence-electron chi connectivity index (χ0n) is 15.1. The van der Waals surface area contributed by atoms with E-state index in [0.29, 0.717) is 5.92 Å². The lowest BCUT2D eigenvalue weighted by atomic mass is 9.77. The van der Waals surface area contributed by atoms with Crippen LogP contribution in [0.3, 0.4) is 0 Å². The first-order valence-corrected chi connectivity index (χ1v) is 9.42. The maximum Gasteiger partial charge on any atom is 0.233 e. The Hall–Kier alpha value is -1.13. The number of hydrogen-bond acceptors (Lipinski definition) is 2. The Morgan fingerprint density at radius 2 is 1.80 bits per heavy atom. The van der Waals surface area contributed by atoms with Crippen LogP contribution in [0.4, 0.5) is 4.39 Å². The van der Waals surface area contributed by atoms with Crippen LogP contribution in [0.25, 0.3) is 0 Å². The van der Waals surface area contributed by atoms with Gasteiger partial charge in [0.25, 0.3) is 0 Å². The predicted octanol–water partition coefficient (Wildman–Crippen LogP) is 3.91. The van der Waals surface area contributed by atoms with E-state index in [2.05, 4.69) is 17.1 Å². The molecule has 1 aliphatic carbocycles. The standard InChI is InChI=1S/C20H29FN2O.ClH/c1-2-22-15-16-9-13-23(14-10-16)19(24)20(11-3-4-12-20)17-5-7-18(21)8-6-17;/h5-8,16,22H,2-4,9-15H2,1H3;1H. The van der Waals surface area contributed by atoms with Crippen LogP contribution in [0, 0.1) is 11.7 Å². The van der Waals surface area contributed by atoms with Crippen molar-refractivity contribution in [2.45, 2.75) is 50.9 Å². The molecule has 3 nitrogen and oxygen atoms in total. The largest absolute Gasteiger partial charge is 0.342 e. The molecule has 3 rings (SSSR count). The summed E-state index contributed by atoms with van der Waals surface area (Å²) in [5.41, 5.74) is 0.587. The first kappa shape index (κ1) is 20.2. The Balaban J connectivity index is 0.00000225. The lowest BCUT2D eigenvalue weighted by molar-refractivity contribution is -0.138. The minimum atomic E-state index is -0.414. The van der Waals surface area contributed by atoms with Gasteiger partial charge in [0.1, 0.15) is 5.82 Å². The van der Waals surface area contributed by atoms with E-state index < -0.39 is 5.41 Å². The number of amides is 1. The molecule has 0 radical (unpaired) electrons. The molecule has 1 heterocycles. The predicted molar refractivity (Wildman–Crippen MR) is 102 cm³/mol. The second kappa shape index (κ2) is 9.00. The van der Waals surface area contributed by atoms with Gasteiger partial charge in [-0.25, -0.2) is 4.39 Å². The molecule has 0 bridgehead atoms. The van der Waals surface area contributed by atoms with Crippen LogP contribution in [0.5, 0.6) is 0 Å². The van der Waals surface area contributed by atoms with Crippen molar-refractivity contribution in [3.63, 3.8) is 0 Å². The number of piperidine rings is 1. The van der Waals surface area contributed by atoms with E-state index in [0.717, 1.165) is 70.3 Å². The first-order valence-electron chi connectivity index (χ1n) is 9.42. The van der Waals surface area contributed by atoms with Gasteiger partial charge in [0.05, 0.1) is 5.41 Å². The number of carbonyl (C=O) groups is 1. The lowest BCUT2D eigenvalue weighted by Gasteiger charge is -2.39. The van der Waals surface area contributed by atoms with Gasteiger partial charge in [0.2, 0.25) is 5.91 Å². The molecule has 25 heavy (non-hydrogen) atoms. The average molecular weight is 369 g/mol. The van der Waals surface area contributed by atoms with E-state index in [1.54, 1.807) is 0 Å². The Morgan fingerprint density at radius 1 is 1.20 bits per heavy atom. The van der Waals surface area contributed by atoms with Crippen molar-refractivity contribution in [1.82, 2.24) is 10.2 Å². The molecule has 1 amide bonds. The summed E-state index contributed by atoms with van der Waals surface area (Å²) in [5, 5.41) is 3.42. The summed E-state index contributed by atoms with van der Waals surface area (Å²) in [7, 11) is 0. The fraction of sp³-hybridized carbons (Fsp3) is 0.650. The van der Waals surface area contributed by atoms with Crippen molar-refractivity contribution >= 4 is 18.3 Å². The number of nitrogens with zero attached hydrogens (tertiary/aromatic N) is 1. The third-order valence-electron chi connectivity index (χ3n) is 5.85. The van der Waals surface area contributed by atoms with Gasteiger partial charge in [-0.3, -0.25) is 4.79 Å². The second-order valence-electron chi connectivity index (χ2n) is 7.34. The Morgan fingerprint density at radius 3 is 2.36 bits per heavy atom. The normalized spacial score (nSPS) is 20.3. The molecule has 1 saturated carbocycles. The topological polar surface area (TPSA) is 32.3 Å². The van der Waals surface area contributed by atoms with Gasteiger partial charge in [-0.2, -0.15) is 0 Å². The van der Waals surface area contributed by atoms with Crippen LogP contribution < -0.4 is 5.32 Å². The van der Waals surface area contributed by atoms with Gasteiger partial charge in [-0.05, 0) is 62.4 Å². The highest BCUT2D eigenvalue weighted by Gasteiger charge is 2.45. The summed E-state index contributed by atoms with van der Waals surface area (Å²) in [6.07, 6.45) is 6.13. The molecule has 1 N–H and O–H groups in total. The maximum atomic E-state index is 13.3. The molecule has 0 unspecified atom stereocenters. The van der Waals surface area contributed by atoms with E-state index in [1.807, 2.05) is 12.1 Å². The van der Waals surface area contributed by atoms with Crippen LogP contribution in [-0.2, 0) is 10.2 Å². The number of halogens is 2. The van der Waals surface area contributed by atoms with Crippen LogP contribution in [-0.4, -0.2) is 37.0 Å². The van der Waals surface area contributed by atoms with Gasteiger partial charge in [0, 0.05) is 13.1 Å². The van der Waals surface area contributed by atoms with Crippen molar-refractivity contribution in [2.24, 2.45) is 5.92 Å². The number of nitrogens with one attached hydrogen (secondary N) is 1. The zero-order chi connectivity index (χ0) is 17.0. The second-order valence-corrected chi connectivity index (χ2v) is 7.34. The maximum absolute atomic E-state index is 13.3. The number of carbonyl (C=O) groups excluding carboxylic acids is 1. The highest BCUT2D eigenvalue weighted by Crippen LogP contribution is 2.43. The van der Waals surface area contributed by atoms with E-state index in [1.165, 1.54) is 12.1 Å². The molecule has 0 spiro atoms. The average Bonchev–Trinajstić information content (AvgIpc) is 3.11. The molecule has 2 fully saturated rings. The molecule has 0 atom stereocenters. The molecule has 1 saturated heterocycles. The van der Waals surface area contributed by atoms with E-state index in [4.69, 9.17) is 0 Å². The molecule has 0 aromatic heterocycles. The number of rotatable bonds is 5. The van der Waals surface area contributed by atoms with Crippen molar-refractivity contribution < 1.29 is 9.18 Å². The van der Waals surface area contributed by atoms with Crippen molar-refractivity contribution in [1.29, 1.82) is 0 Å². The summed E-state index contributed by atoms with van der Waals surface area (Å²) in [5.74, 6) is 0.719. The molecular formula is C20H30ClFN2O. The van der Waals surface area contributed by atoms with Crippen LogP contribution in [0.2, 0.25) is 0 Å². The van der Waals surface area contributed by atoms with E-state index in [-0.39, 0.29) is 24.1 Å². The quantitative estimate of drug-likeness (QED) is 0.854. The first-order chi connectivity index (χ1) is 11.7. The minimum Gasteiger partial charge on any atom is -0.342 e.